The second-order valence-corrected chi connectivity index (χ2v) is 8.44. The van der Waals surface area contributed by atoms with E-state index in [4.69, 9.17) is 4.74 Å². The zero-order valence-corrected chi connectivity index (χ0v) is 17.9. The van der Waals surface area contributed by atoms with Crippen molar-refractivity contribution in [3.05, 3.63) is 59.4 Å². The lowest BCUT2D eigenvalue weighted by Crippen LogP contribution is -2.40. The molecule has 6 heteroatoms. The van der Waals surface area contributed by atoms with Crippen LogP contribution < -0.4 is 10.1 Å². The van der Waals surface area contributed by atoms with Gasteiger partial charge in [-0.1, -0.05) is 31.9 Å². The monoisotopic (exact) mass is 424 g/mol. The Morgan fingerprint density at radius 3 is 2.61 bits per heavy atom. The van der Waals surface area contributed by atoms with Crippen molar-refractivity contribution in [2.24, 2.45) is 5.92 Å². The van der Waals surface area contributed by atoms with Gasteiger partial charge in [-0.05, 0) is 61.6 Å². The summed E-state index contributed by atoms with van der Waals surface area (Å²) >= 11 is 0. The lowest BCUT2D eigenvalue weighted by atomic mass is 10.1. The summed E-state index contributed by atoms with van der Waals surface area (Å²) in [5, 5.41) is 3.04. The SMILES string of the molecule is CCC1Oc2ccc(NC(=O)C3CCCC3)cc2CN(CCc2ccc(F)cc2)C1=O. The van der Waals surface area contributed by atoms with E-state index in [-0.39, 0.29) is 23.5 Å². The first kappa shape index (κ1) is 21.3. The minimum absolute atomic E-state index is 0.0441. The molecule has 1 fully saturated rings. The van der Waals surface area contributed by atoms with Crippen LogP contribution in [0.15, 0.2) is 42.5 Å². The molecule has 2 amide bonds. The first-order chi connectivity index (χ1) is 15.0. The van der Waals surface area contributed by atoms with E-state index in [1.807, 2.05) is 25.1 Å². The van der Waals surface area contributed by atoms with E-state index >= 15 is 0 Å². The Labute approximate surface area is 182 Å². The Morgan fingerprint density at radius 2 is 1.90 bits per heavy atom. The zero-order chi connectivity index (χ0) is 21.8. The topological polar surface area (TPSA) is 58.6 Å². The predicted octanol–water partition coefficient (Wildman–Crippen LogP) is 4.70. The van der Waals surface area contributed by atoms with Gasteiger partial charge in [0.25, 0.3) is 5.91 Å². The molecule has 2 aromatic carbocycles. The molecular weight excluding hydrogens is 395 g/mol. The van der Waals surface area contributed by atoms with Crippen molar-refractivity contribution in [1.82, 2.24) is 4.90 Å². The summed E-state index contributed by atoms with van der Waals surface area (Å²) < 4.78 is 19.2. The number of rotatable bonds is 6. The highest BCUT2D eigenvalue weighted by molar-refractivity contribution is 5.93. The van der Waals surface area contributed by atoms with Gasteiger partial charge < -0.3 is 15.0 Å². The van der Waals surface area contributed by atoms with Crippen LogP contribution in [0.3, 0.4) is 0 Å². The normalized spacial score (nSPS) is 19.0. The van der Waals surface area contributed by atoms with Crippen molar-refractivity contribution in [2.45, 2.75) is 58.1 Å². The number of nitrogens with one attached hydrogen (secondary N) is 1. The summed E-state index contributed by atoms with van der Waals surface area (Å²) in [6.07, 6.45) is 4.79. The van der Waals surface area contributed by atoms with Crippen molar-refractivity contribution in [1.29, 1.82) is 0 Å². The van der Waals surface area contributed by atoms with Crippen LogP contribution in [0.5, 0.6) is 5.75 Å². The van der Waals surface area contributed by atoms with Crippen LogP contribution in [0.4, 0.5) is 10.1 Å². The number of carbonyl (C=O) groups is 2. The van der Waals surface area contributed by atoms with E-state index in [2.05, 4.69) is 5.32 Å². The van der Waals surface area contributed by atoms with Crippen LogP contribution in [0.25, 0.3) is 0 Å². The second kappa shape index (κ2) is 9.50. The van der Waals surface area contributed by atoms with E-state index in [0.29, 0.717) is 31.7 Å². The maximum atomic E-state index is 13.2. The number of anilines is 1. The lowest BCUT2D eigenvalue weighted by Gasteiger charge is -2.23. The van der Waals surface area contributed by atoms with Gasteiger partial charge in [0.2, 0.25) is 5.91 Å². The Bertz CT molecular complexity index is 938. The Hall–Kier alpha value is -2.89. The minimum atomic E-state index is -0.534. The molecule has 0 spiro atoms. The van der Waals surface area contributed by atoms with Gasteiger partial charge in [-0.2, -0.15) is 0 Å². The molecule has 1 unspecified atom stereocenters. The molecule has 5 nitrogen and oxygen atoms in total. The van der Waals surface area contributed by atoms with Gasteiger partial charge in [-0.15, -0.1) is 0 Å². The molecule has 1 N–H and O–H groups in total. The highest BCUT2D eigenvalue weighted by Crippen LogP contribution is 2.31. The van der Waals surface area contributed by atoms with E-state index in [1.54, 1.807) is 17.0 Å². The number of halogens is 1. The van der Waals surface area contributed by atoms with Crippen LogP contribution in [0.1, 0.15) is 50.2 Å². The number of hydrogen-bond donors (Lipinski definition) is 1. The highest BCUT2D eigenvalue weighted by atomic mass is 19.1. The van der Waals surface area contributed by atoms with Gasteiger partial charge in [-0.25, -0.2) is 4.39 Å². The Kier molecular flexibility index (Phi) is 6.54. The summed E-state index contributed by atoms with van der Waals surface area (Å²) in [6, 6.07) is 12.0. The summed E-state index contributed by atoms with van der Waals surface area (Å²) in [5.74, 6) is 0.534. The number of benzene rings is 2. The second-order valence-electron chi connectivity index (χ2n) is 8.44. The molecule has 0 saturated heterocycles. The number of nitrogens with zero attached hydrogens (tertiary/aromatic N) is 1. The van der Waals surface area contributed by atoms with E-state index in [9.17, 15) is 14.0 Å². The van der Waals surface area contributed by atoms with Gasteiger partial charge in [0.15, 0.2) is 6.10 Å². The molecule has 0 aromatic heterocycles. The average molecular weight is 425 g/mol. The van der Waals surface area contributed by atoms with Crippen molar-refractivity contribution in [3.63, 3.8) is 0 Å². The molecule has 1 aliphatic heterocycles. The molecule has 1 atom stereocenters. The van der Waals surface area contributed by atoms with Gasteiger partial charge in [0.1, 0.15) is 11.6 Å². The van der Waals surface area contributed by atoms with Gasteiger partial charge in [0, 0.05) is 30.3 Å². The first-order valence-corrected chi connectivity index (χ1v) is 11.2. The summed E-state index contributed by atoms with van der Waals surface area (Å²) in [5.41, 5.74) is 2.60. The molecule has 0 radical (unpaired) electrons. The predicted molar refractivity (Wildman–Crippen MR) is 117 cm³/mol. The third-order valence-electron chi connectivity index (χ3n) is 6.23. The standard InChI is InChI=1S/C25H29FN2O3/c1-2-22-25(30)28(14-13-17-7-9-20(26)10-8-17)16-19-15-21(11-12-23(19)31-22)27-24(29)18-5-3-4-6-18/h7-12,15,18,22H,2-6,13-14,16H2,1H3,(H,27,29). The largest absolute Gasteiger partial charge is 0.480 e. The number of hydrogen-bond acceptors (Lipinski definition) is 3. The van der Waals surface area contributed by atoms with E-state index in [1.165, 1.54) is 12.1 Å². The smallest absolute Gasteiger partial charge is 0.263 e. The zero-order valence-electron chi connectivity index (χ0n) is 17.9. The third kappa shape index (κ3) is 5.06. The molecule has 2 aliphatic rings. The van der Waals surface area contributed by atoms with Gasteiger partial charge in [-0.3, -0.25) is 9.59 Å². The quantitative estimate of drug-likeness (QED) is 0.732. The third-order valence-corrected chi connectivity index (χ3v) is 6.23. The van der Waals surface area contributed by atoms with Crippen LogP contribution >= 0.6 is 0 Å². The molecule has 31 heavy (non-hydrogen) atoms. The maximum Gasteiger partial charge on any atom is 0.263 e. The highest BCUT2D eigenvalue weighted by Gasteiger charge is 2.30. The Balaban J connectivity index is 1.50. The molecular formula is C25H29FN2O3. The maximum absolute atomic E-state index is 13.2. The molecule has 1 saturated carbocycles. The summed E-state index contributed by atoms with van der Waals surface area (Å²) in [4.78, 5) is 27.3. The van der Waals surface area contributed by atoms with E-state index < -0.39 is 6.10 Å². The average Bonchev–Trinajstić information content (AvgIpc) is 3.28. The number of fused-ring (bicyclic) bond motifs is 1. The lowest BCUT2D eigenvalue weighted by molar-refractivity contribution is -0.138. The van der Waals surface area contributed by atoms with E-state index in [0.717, 1.165) is 42.5 Å². The number of ether oxygens (including phenoxy) is 1. The number of carbonyl (C=O) groups excluding carboxylic acids is 2. The molecule has 4 rings (SSSR count). The molecule has 1 aliphatic carbocycles. The molecule has 2 aromatic rings. The molecule has 1 heterocycles. The summed E-state index contributed by atoms with van der Waals surface area (Å²) in [7, 11) is 0. The fourth-order valence-corrected chi connectivity index (χ4v) is 4.38. The van der Waals surface area contributed by atoms with Gasteiger partial charge >= 0.3 is 0 Å². The Morgan fingerprint density at radius 1 is 1.16 bits per heavy atom. The fraction of sp³-hybridized carbons (Fsp3) is 0.440. The van der Waals surface area contributed by atoms with Crippen LogP contribution in [-0.4, -0.2) is 29.4 Å². The molecule has 0 bridgehead atoms. The minimum Gasteiger partial charge on any atom is -0.480 e. The van der Waals surface area contributed by atoms with Crippen molar-refractivity contribution in [2.75, 3.05) is 11.9 Å². The van der Waals surface area contributed by atoms with Crippen molar-refractivity contribution in [3.8, 4) is 5.75 Å². The first-order valence-electron chi connectivity index (χ1n) is 11.2. The van der Waals surface area contributed by atoms with Gasteiger partial charge in [0.05, 0.1) is 0 Å². The van der Waals surface area contributed by atoms with Crippen LogP contribution in [0.2, 0.25) is 0 Å². The summed E-state index contributed by atoms with van der Waals surface area (Å²) in [6.45, 7) is 2.86. The fourth-order valence-electron chi connectivity index (χ4n) is 4.38. The van der Waals surface area contributed by atoms with Crippen LogP contribution in [0, 0.1) is 11.7 Å². The van der Waals surface area contributed by atoms with Crippen LogP contribution in [-0.2, 0) is 22.6 Å². The molecule has 164 valence electrons. The van der Waals surface area contributed by atoms with Crippen molar-refractivity contribution < 1.29 is 18.7 Å². The van der Waals surface area contributed by atoms with Crippen molar-refractivity contribution >= 4 is 17.5 Å². The number of amides is 2.